The highest BCUT2D eigenvalue weighted by molar-refractivity contribution is 7.15. The van der Waals surface area contributed by atoms with Crippen molar-refractivity contribution in [3.05, 3.63) is 10.6 Å². The van der Waals surface area contributed by atoms with Gasteiger partial charge in [-0.1, -0.05) is 20.8 Å². The number of hydrogen-bond donors (Lipinski definition) is 3. The zero-order valence-corrected chi connectivity index (χ0v) is 21.5. The van der Waals surface area contributed by atoms with E-state index < -0.39 is 6.10 Å². The molecule has 0 radical (unpaired) electrons. The maximum Gasteiger partial charge on any atom is 0.281 e. The van der Waals surface area contributed by atoms with Crippen LogP contribution in [0.2, 0.25) is 0 Å². The quantitative estimate of drug-likeness (QED) is 0.573. The number of carbonyl (C=O) groups is 2. The maximum atomic E-state index is 13.0. The highest BCUT2D eigenvalue weighted by atomic mass is 32.1. The van der Waals surface area contributed by atoms with Crippen LogP contribution in [0.3, 0.4) is 0 Å². The standard InChI is InChI=1S/C24H40N4O3S/c1-8-28(9-2)22(31)14(3)16-10-11-24(5)12-17-20(15(4)19(24)21(16)30)26-23(32-17)25-18(29)13-27(6)7/h14-16,19,21,30H,8-13H2,1-7H3,(H,25,26,29)/p+1/t14-,15-,16-,19+,21-,24-/m0/s1. The van der Waals surface area contributed by atoms with Crippen LogP contribution in [0.15, 0.2) is 0 Å². The minimum atomic E-state index is -0.538. The number of quaternary nitrogens is 1. The molecule has 8 heteroatoms. The van der Waals surface area contributed by atoms with E-state index in [0.29, 0.717) is 24.8 Å². The summed E-state index contributed by atoms with van der Waals surface area (Å²) in [6.07, 6.45) is 2.18. The van der Waals surface area contributed by atoms with Crippen LogP contribution in [0.4, 0.5) is 5.13 Å². The number of anilines is 1. The molecule has 2 aliphatic rings. The molecule has 3 N–H and O–H groups in total. The molecule has 1 aromatic rings. The fourth-order valence-electron chi connectivity index (χ4n) is 6.09. The molecule has 1 heterocycles. The van der Waals surface area contributed by atoms with E-state index in [0.717, 1.165) is 29.9 Å². The topological polar surface area (TPSA) is 87.0 Å². The monoisotopic (exact) mass is 465 g/mol. The number of likely N-dealkylation sites (N-methyl/N-ethyl adjacent to an activating group) is 1. The van der Waals surface area contributed by atoms with Crippen LogP contribution in [0.25, 0.3) is 0 Å². The molecule has 1 saturated carbocycles. The summed E-state index contributed by atoms with van der Waals surface area (Å²) in [6.45, 7) is 12.2. The van der Waals surface area contributed by atoms with Gasteiger partial charge >= 0.3 is 0 Å². The van der Waals surface area contributed by atoms with E-state index in [1.54, 1.807) is 11.3 Å². The Morgan fingerprint density at radius 1 is 1.34 bits per heavy atom. The number of rotatable bonds is 7. The summed E-state index contributed by atoms with van der Waals surface area (Å²) in [5.41, 5.74) is 0.981. The second-order valence-electron chi connectivity index (χ2n) is 10.4. The van der Waals surface area contributed by atoms with Crippen molar-refractivity contribution < 1.29 is 19.6 Å². The van der Waals surface area contributed by atoms with Gasteiger partial charge in [-0.3, -0.25) is 14.9 Å². The molecule has 0 saturated heterocycles. The van der Waals surface area contributed by atoms with Crippen molar-refractivity contribution in [2.24, 2.45) is 23.2 Å². The summed E-state index contributed by atoms with van der Waals surface area (Å²) < 4.78 is 0. The van der Waals surface area contributed by atoms with Crippen LogP contribution >= 0.6 is 11.3 Å². The lowest BCUT2D eigenvalue weighted by Crippen LogP contribution is -3.06. The van der Waals surface area contributed by atoms with Gasteiger partial charge in [-0.15, -0.1) is 11.3 Å². The Bertz CT molecular complexity index is 837. The number of aromatic nitrogens is 1. The molecule has 2 aliphatic carbocycles. The van der Waals surface area contributed by atoms with Gasteiger partial charge < -0.3 is 14.9 Å². The number of amides is 2. The van der Waals surface area contributed by atoms with Gasteiger partial charge in [0, 0.05) is 29.8 Å². The molecule has 2 amide bonds. The minimum Gasteiger partial charge on any atom is -0.392 e. The molecule has 0 aliphatic heterocycles. The number of fused-ring (bicyclic) bond motifs is 2. The zero-order chi connectivity index (χ0) is 23.8. The van der Waals surface area contributed by atoms with Gasteiger partial charge in [-0.25, -0.2) is 4.98 Å². The predicted molar refractivity (Wildman–Crippen MR) is 128 cm³/mol. The summed E-state index contributed by atoms with van der Waals surface area (Å²) in [6, 6.07) is 0. The van der Waals surface area contributed by atoms with Gasteiger partial charge in [0.05, 0.1) is 25.9 Å². The molecule has 32 heavy (non-hydrogen) atoms. The Hall–Kier alpha value is -1.51. The number of carbonyl (C=O) groups excluding carboxylic acids is 2. The molecule has 1 aromatic heterocycles. The van der Waals surface area contributed by atoms with E-state index in [1.807, 2.05) is 39.8 Å². The van der Waals surface area contributed by atoms with Crippen LogP contribution < -0.4 is 10.2 Å². The Labute approximate surface area is 196 Å². The highest BCUT2D eigenvalue weighted by Crippen LogP contribution is 2.57. The van der Waals surface area contributed by atoms with Crippen molar-refractivity contribution in [2.75, 3.05) is 39.0 Å². The average molecular weight is 466 g/mol. The van der Waals surface area contributed by atoms with Crippen LogP contribution in [-0.4, -0.2) is 66.6 Å². The van der Waals surface area contributed by atoms with Gasteiger partial charge in [-0.05, 0) is 50.4 Å². The van der Waals surface area contributed by atoms with Gasteiger partial charge in [0.15, 0.2) is 11.7 Å². The number of thiazole rings is 1. The molecule has 180 valence electrons. The largest absolute Gasteiger partial charge is 0.392 e. The van der Waals surface area contributed by atoms with E-state index in [1.165, 1.54) is 4.88 Å². The molecule has 1 fully saturated rings. The lowest BCUT2D eigenvalue weighted by Gasteiger charge is -2.53. The molecule has 6 atom stereocenters. The van der Waals surface area contributed by atoms with Gasteiger partial charge in [0.2, 0.25) is 5.91 Å². The van der Waals surface area contributed by atoms with Gasteiger partial charge in [0.1, 0.15) is 0 Å². The maximum absolute atomic E-state index is 13.0. The van der Waals surface area contributed by atoms with E-state index in [9.17, 15) is 14.7 Å². The highest BCUT2D eigenvalue weighted by Gasteiger charge is 2.54. The Morgan fingerprint density at radius 3 is 2.59 bits per heavy atom. The van der Waals surface area contributed by atoms with Gasteiger partial charge in [-0.2, -0.15) is 0 Å². The average Bonchev–Trinajstić information content (AvgIpc) is 3.09. The summed E-state index contributed by atoms with van der Waals surface area (Å²) in [4.78, 5) is 34.2. The number of hydrogen-bond acceptors (Lipinski definition) is 5. The number of nitrogens with one attached hydrogen (secondary N) is 2. The smallest absolute Gasteiger partial charge is 0.281 e. The first-order valence-electron chi connectivity index (χ1n) is 12.1. The van der Waals surface area contributed by atoms with E-state index >= 15 is 0 Å². The summed E-state index contributed by atoms with van der Waals surface area (Å²) in [5.74, 6) is 0.0221. The molecule has 0 spiro atoms. The first kappa shape index (κ1) is 25.1. The second kappa shape index (κ2) is 9.77. The van der Waals surface area contributed by atoms with Gasteiger partial charge in [0.25, 0.3) is 5.91 Å². The zero-order valence-electron chi connectivity index (χ0n) is 20.7. The first-order chi connectivity index (χ1) is 15.0. The number of aliphatic hydroxyl groups excluding tert-OH is 1. The van der Waals surface area contributed by atoms with Crippen molar-refractivity contribution in [2.45, 2.75) is 65.9 Å². The van der Waals surface area contributed by atoms with Crippen LogP contribution in [-0.2, 0) is 16.0 Å². The third-order valence-corrected chi connectivity index (χ3v) is 8.78. The first-order valence-corrected chi connectivity index (χ1v) is 12.9. The van der Waals surface area contributed by atoms with Crippen LogP contribution in [0.5, 0.6) is 0 Å². The van der Waals surface area contributed by atoms with E-state index in [-0.39, 0.29) is 40.9 Å². The van der Waals surface area contributed by atoms with Crippen LogP contribution in [0, 0.1) is 23.2 Å². The predicted octanol–water partition coefficient (Wildman–Crippen LogP) is 1.78. The Morgan fingerprint density at radius 2 is 2.00 bits per heavy atom. The summed E-state index contributed by atoms with van der Waals surface area (Å²) >= 11 is 1.58. The van der Waals surface area contributed by atoms with Crippen molar-refractivity contribution in [3.8, 4) is 0 Å². The number of aliphatic hydroxyl groups is 1. The lowest BCUT2D eigenvalue weighted by atomic mass is 9.53. The summed E-state index contributed by atoms with van der Waals surface area (Å²) in [7, 11) is 3.90. The molecule has 0 bridgehead atoms. The van der Waals surface area contributed by atoms with Crippen molar-refractivity contribution in [1.29, 1.82) is 0 Å². The third-order valence-electron chi connectivity index (χ3n) is 7.79. The molecule has 3 rings (SSSR count). The molecular formula is C24H41N4O3S+. The molecular weight excluding hydrogens is 424 g/mol. The van der Waals surface area contributed by atoms with E-state index in [4.69, 9.17) is 4.98 Å². The fourth-order valence-corrected chi connectivity index (χ4v) is 7.37. The normalized spacial score (nSPS) is 30.4. The number of nitrogens with zero attached hydrogens (tertiary/aromatic N) is 2. The summed E-state index contributed by atoms with van der Waals surface area (Å²) in [5, 5.41) is 15.2. The van der Waals surface area contributed by atoms with Crippen molar-refractivity contribution in [1.82, 2.24) is 9.88 Å². The molecule has 7 nitrogen and oxygen atoms in total. The molecule has 0 aromatic carbocycles. The van der Waals surface area contributed by atoms with Crippen molar-refractivity contribution >= 4 is 28.3 Å². The fraction of sp³-hybridized carbons (Fsp3) is 0.792. The van der Waals surface area contributed by atoms with Crippen molar-refractivity contribution in [3.63, 3.8) is 0 Å². The Kier molecular flexibility index (Phi) is 7.67. The Balaban J connectivity index is 1.82. The second-order valence-corrected chi connectivity index (χ2v) is 11.5. The van der Waals surface area contributed by atoms with E-state index in [2.05, 4.69) is 19.2 Å². The molecule has 0 unspecified atom stereocenters. The third kappa shape index (κ3) is 4.73. The SMILES string of the molecule is CCN(CC)C(=O)[C@@H](C)[C@@H]1CC[C@@]2(C)Cc3sc(NC(=O)C[NH+](C)C)nc3[C@@H](C)[C@@H]2[C@H]1O. The lowest BCUT2D eigenvalue weighted by molar-refractivity contribution is -0.849. The van der Waals surface area contributed by atoms with Crippen LogP contribution in [0.1, 0.15) is 63.9 Å². The minimum absolute atomic E-state index is 0.0259.